The third-order valence-electron chi connectivity index (χ3n) is 4.13. The minimum Gasteiger partial charge on any atom is -0.454 e. The molecule has 0 saturated carbocycles. The standard InChI is InChI=1S/C22H17N3O4/c26-21(9-6-15-3-2-10-23-13-15)24-17-4-1-5-18(12-17)25-22(27)16-7-8-19-20(11-16)29-14-28-19/h1-13H,14H2,(H,24,26)(H,25,27)/b9-6+. The SMILES string of the molecule is O=C(/C=C/c1cccnc1)Nc1cccc(NC(=O)c2ccc3c(c2)OCO3)c1. The van der Waals surface area contributed by atoms with E-state index in [-0.39, 0.29) is 18.6 Å². The number of fused-ring (bicyclic) bond motifs is 1. The van der Waals surface area contributed by atoms with Gasteiger partial charge in [0.15, 0.2) is 11.5 Å². The Bertz CT molecular complexity index is 1080. The number of aromatic nitrogens is 1. The number of rotatable bonds is 5. The molecule has 0 radical (unpaired) electrons. The summed E-state index contributed by atoms with van der Waals surface area (Å²) < 4.78 is 10.5. The van der Waals surface area contributed by atoms with Crippen molar-refractivity contribution in [2.75, 3.05) is 17.4 Å². The van der Waals surface area contributed by atoms with Gasteiger partial charge >= 0.3 is 0 Å². The lowest BCUT2D eigenvalue weighted by Crippen LogP contribution is -2.12. The molecule has 2 aromatic carbocycles. The zero-order valence-electron chi connectivity index (χ0n) is 15.3. The van der Waals surface area contributed by atoms with E-state index < -0.39 is 0 Å². The molecular formula is C22H17N3O4. The number of amides is 2. The molecule has 7 heteroatoms. The van der Waals surface area contributed by atoms with Gasteiger partial charge in [0.05, 0.1) is 0 Å². The molecule has 2 N–H and O–H groups in total. The summed E-state index contributed by atoms with van der Waals surface area (Å²) in [6, 6.07) is 15.5. The van der Waals surface area contributed by atoms with Gasteiger partial charge < -0.3 is 20.1 Å². The summed E-state index contributed by atoms with van der Waals surface area (Å²) in [6.07, 6.45) is 6.43. The van der Waals surface area contributed by atoms with Crippen LogP contribution < -0.4 is 20.1 Å². The van der Waals surface area contributed by atoms with Gasteiger partial charge in [-0.05, 0) is 54.1 Å². The molecule has 0 saturated heterocycles. The second-order valence-electron chi connectivity index (χ2n) is 6.21. The van der Waals surface area contributed by atoms with Crippen LogP contribution in [0.1, 0.15) is 15.9 Å². The Balaban J connectivity index is 1.40. The number of nitrogens with one attached hydrogen (secondary N) is 2. The molecular weight excluding hydrogens is 370 g/mol. The van der Waals surface area contributed by atoms with E-state index in [0.717, 1.165) is 5.56 Å². The highest BCUT2D eigenvalue weighted by Crippen LogP contribution is 2.32. The Morgan fingerprint density at radius 3 is 2.59 bits per heavy atom. The molecule has 0 bridgehead atoms. The number of hydrogen-bond donors (Lipinski definition) is 2. The normalized spacial score (nSPS) is 12.0. The van der Waals surface area contributed by atoms with Crippen molar-refractivity contribution in [3.05, 3.63) is 84.2 Å². The molecule has 0 unspecified atom stereocenters. The van der Waals surface area contributed by atoms with E-state index in [2.05, 4.69) is 15.6 Å². The fourth-order valence-corrected chi connectivity index (χ4v) is 2.75. The quantitative estimate of drug-likeness (QED) is 0.652. The number of carbonyl (C=O) groups is 2. The van der Waals surface area contributed by atoms with Gasteiger partial charge in [0.1, 0.15) is 0 Å². The number of anilines is 2. The first-order valence-corrected chi connectivity index (χ1v) is 8.87. The third kappa shape index (κ3) is 4.59. The maximum Gasteiger partial charge on any atom is 0.255 e. The zero-order chi connectivity index (χ0) is 20.1. The van der Waals surface area contributed by atoms with E-state index in [0.29, 0.717) is 28.4 Å². The molecule has 2 heterocycles. The molecule has 2 amide bonds. The molecule has 29 heavy (non-hydrogen) atoms. The highest BCUT2D eigenvalue weighted by atomic mass is 16.7. The molecule has 0 fully saturated rings. The average molecular weight is 387 g/mol. The second kappa shape index (κ2) is 8.26. The van der Waals surface area contributed by atoms with Crippen LogP contribution in [0.2, 0.25) is 0 Å². The maximum atomic E-state index is 12.5. The van der Waals surface area contributed by atoms with Crippen molar-refractivity contribution in [2.24, 2.45) is 0 Å². The summed E-state index contributed by atoms with van der Waals surface area (Å²) >= 11 is 0. The molecule has 7 nitrogen and oxygen atoms in total. The molecule has 4 rings (SSSR count). The van der Waals surface area contributed by atoms with E-state index in [1.165, 1.54) is 6.08 Å². The monoisotopic (exact) mass is 387 g/mol. The minimum atomic E-state index is -0.289. The van der Waals surface area contributed by atoms with Gasteiger partial charge in [-0.25, -0.2) is 0 Å². The van der Waals surface area contributed by atoms with Crippen LogP contribution in [0.3, 0.4) is 0 Å². The van der Waals surface area contributed by atoms with E-state index in [1.807, 2.05) is 6.07 Å². The largest absolute Gasteiger partial charge is 0.454 e. The number of hydrogen-bond acceptors (Lipinski definition) is 5. The molecule has 0 atom stereocenters. The predicted molar refractivity (Wildman–Crippen MR) is 109 cm³/mol. The Morgan fingerprint density at radius 1 is 0.931 bits per heavy atom. The van der Waals surface area contributed by atoms with Crippen molar-refractivity contribution < 1.29 is 19.1 Å². The molecule has 0 aliphatic carbocycles. The molecule has 144 valence electrons. The van der Waals surface area contributed by atoms with Gasteiger partial charge in [-0.3, -0.25) is 14.6 Å². The first-order valence-electron chi connectivity index (χ1n) is 8.87. The van der Waals surface area contributed by atoms with Crippen LogP contribution in [0, 0.1) is 0 Å². The fraction of sp³-hybridized carbons (Fsp3) is 0.0455. The number of benzene rings is 2. The van der Waals surface area contributed by atoms with Crippen molar-refractivity contribution in [3.8, 4) is 11.5 Å². The van der Waals surface area contributed by atoms with Gasteiger partial charge in [0.2, 0.25) is 12.7 Å². The van der Waals surface area contributed by atoms with Crippen molar-refractivity contribution in [2.45, 2.75) is 0 Å². The molecule has 1 aromatic heterocycles. The van der Waals surface area contributed by atoms with Crippen LogP contribution in [0.15, 0.2) is 73.1 Å². The lowest BCUT2D eigenvalue weighted by molar-refractivity contribution is -0.111. The lowest BCUT2D eigenvalue weighted by atomic mass is 10.2. The topological polar surface area (TPSA) is 89.6 Å². The number of nitrogens with zero attached hydrogens (tertiary/aromatic N) is 1. The van der Waals surface area contributed by atoms with Crippen LogP contribution in [0.4, 0.5) is 11.4 Å². The highest BCUT2D eigenvalue weighted by Gasteiger charge is 2.16. The summed E-state index contributed by atoms with van der Waals surface area (Å²) in [5.74, 6) is 0.584. The summed E-state index contributed by atoms with van der Waals surface area (Å²) in [6.45, 7) is 0.150. The number of ether oxygens (including phenoxy) is 2. The maximum absolute atomic E-state index is 12.5. The van der Waals surface area contributed by atoms with Crippen molar-refractivity contribution >= 4 is 29.3 Å². The summed E-state index contributed by atoms with van der Waals surface area (Å²) in [4.78, 5) is 28.6. The summed E-state index contributed by atoms with van der Waals surface area (Å²) in [5, 5.41) is 5.57. The first kappa shape index (κ1) is 18.2. The van der Waals surface area contributed by atoms with Gasteiger partial charge in [-0.15, -0.1) is 0 Å². The predicted octanol–water partition coefficient (Wildman–Crippen LogP) is 3.71. The van der Waals surface area contributed by atoms with E-state index in [1.54, 1.807) is 67.0 Å². The van der Waals surface area contributed by atoms with Crippen LogP contribution in [-0.2, 0) is 4.79 Å². The van der Waals surface area contributed by atoms with Crippen LogP contribution in [0.5, 0.6) is 11.5 Å². The van der Waals surface area contributed by atoms with Crippen molar-refractivity contribution in [1.82, 2.24) is 4.98 Å². The summed E-state index contributed by atoms with van der Waals surface area (Å²) in [5.41, 5.74) is 2.39. The third-order valence-corrected chi connectivity index (χ3v) is 4.13. The van der Waals surface area contributed by atoms with E-state index >= 15 is 0 Å². The molecule has 1 aliphatic heterocycles. The van der Waals surface area contributed by atoms with Crippen molar-refractivity contribution in [3.63, 3.8) is 0 Å². The lowest BCUT2D eigenvalue weighted by Gasteiger charge is -2.08. The van der Waals surface area contributed by atoms with Crippen LogP contribution in [-0.4, -0.2) is 23.6 Å². The first-order chi connectivity index (χ1) is 14.2. The fourth-order valence-electron chi connectivity index (χ4n) is 2.75. The van der Waals surface area contributed by atoms with Crippen LogP contribution in [0.25, 0.3) is 6.08 Å². The Hall–Kier alpha value is -4.13. The molecule has 3 aromatic rings. The Kier molecular flexibility index (Phi) is 5.20. The van der Waals surface area contributed by atoms with Gasteiger partial charge in [-0.2, -0.15) is 0 Å². The van der Waals surface area contributed by atoms with Gasteiger partial charge in [0.25, 0.3) is 5.91 Å². The van der Waals surface area contributed by atoms with E-state index in [4.69, 9.17) is 9.47 Å². The Morgan fingerprint density at radius 2 is 1.76 bits per heavy atom. The van der Waals surface area contributed by atoms with Gasteiger partial charge in [0, 0.05) is 35.4 Å². The smallest absolute Gasteiger partial charge is 0.255 e. The zero-order valence-corrected chi connectivity index (χ0v) is 15.3. The van der Waals surface area contributed by atoms with E-state index in [9.17, 15) is 9.59 Å². The Labute approximate surface area is 167 Å². The summed E-state index contributed by atoms with van der Waals surface area (Å²) in [7, 11) is 0. The highest BCUT2D eigenvalue weighted by molar-refractivity contribution is 6.06. The van der Waals surface area contributed by atoms with Gasteiger partial charge in [-0.1, -0.05) is 12.1 Å². The molecule has 1 aliphatic rings. The minimum absolute atomic E-state index is 0.150. The number of pyridine rings is 1. The molecule has 0 spiro atoms. The van der Waals surface area contributed by atoms with Crippen LogP contribution >= 0.6 is 0 Å². The van der Waals surface area contributed by atoms with Crippen molar-refractivity contribution in [1.29, 1.82) is 0 Å². The number of carbonyl (C=O) groups excluding carboxylic acids is 2. The average Bonchev–Trinajstić information content (AvgIpc) is 3.21. The second-order valence-corrected chi connectivity index (χ2v) is 6.21.